The van der Waals surface area contributed by atoms with Crippen LogP contribution in [0.5, 0.6) is 0 Å². The van der Waals surface area contributed by atoms with Gasteiger partial charge in [0.05, 0.1) is 5.52 Å². The first-order valence-corrected chi connectivity index (χ1v) is 8.16. The van der Waals surface area contributed by atoms with Crippen molar-refractivity contribution >= 4 is 22.5 Å². The van der Waals surface area contributed by atoms with Crippen LogP contribution in [0.15, 0.2) is 30.6 Å². The number of aliphatic carboxylic acids is 1. The SMILES string of the molecule is CC1(C)[C@H](c2nc3c4ccccc4ncn3n2)CC[C@]1(C)C(=O)[O-]. The van der Waals surface area contributed by atoms with Crippen LogP contribution in [0.1, 0.15) is 45.4 Å². The third kappa shape index (κ3) is 1.82. The molecule has 0 amide bonds. The largest absolute Gasteiger partial charge is 0.550 e. The Morgan fingerprint density at radius 2 is 2.04 bits per heavy atom. The van der Waals surface area contributed by atoms with Gasteiger partial charge in [-0.2, -0.15) is 0 Å². The standard InChI is InChI=1S/C18H20N4O2/c1-17(2)12(8-9-18(17,3)16(23)24)14-20-15-11-6-4-5-7-13(11)19-10-22(15)21-14/h4-7,10,12H,8-9H2,1-3H3,(H,23,24)/p-1/t12-,18+/m0/s1. The highest BCUT2D eigenvalue weighted by molar-refractivity contribution is 5.90. The van der Waals surface area contributed by atoms with Crippen LogP contribution < -0.4 is 5.11 Å². The van der Waals surface area contributed by atoms with E-state index in [-0.39, 0.29) is 5.92 Å². The number of hydrogen-bond acceptors (Lipinski definition) is 5. The molecule has 6 nitrogen and oxygen atoms in total. The number of carbonyl (C=O) groups excluding carboxylic acids is 1. The highest BCUT2D eigenvalue weighted by atomic mass is 16.4. The Labute approximate surface area is 139 Å². The zero-order valence-corrected chi connectivity index (χ0v) is 14.0. The number of para-hydroxylation sites is 1. The maximum Gasteiger partial charge on any atom is 0.166 e. The molecule has 1 aromatic carbocycles. The minimum atomic E-state index is -0.995. The predicted octanol–water partition coefficient (Wildman–Crippen LogP) is 1.94. The van der Waals surface area contributed by atoms with Gasteiger partial charge in [0.1, 0.15) is 6.33 Å². The van der Waals surface area contributed by atoms with Crippen LogP contribution in [0.3, 0.4) is 0 Å². The number of benzene rings is 1. The molecule has 6 heteroatoms. The summed E-state index contributed by atoms with van der Waals surface area (Å²) in [5.74, 6) is -0.340. The van der Waals surface area contributed by atoms with E-state index in [1.807, 2.05) is 38.1 Å². The number of aromatic nitrogens is 4. The van der Waals surface area contributed by atoms with E-state index in [0.717, 1.165) is 23.0 Å². The fourth-order valence-electron chi connectivity index (χ4n) is 3.96. The first-order chi connectivity index (χ1) is 11.3. The van der Waals surface area contributed by atoms with Crippen LogP contribution in [0.25, 0.3) is 16.6 Å². The normalized spacial score (nSPS) is 26.2. The summed E-state index contributed by atoms with van der Waals surface area (Å²) < 4.78 is 1.68. The molecular formula is C18H19N4O2-. The predicted molar refractivity (Wildman–Crippen MR) is 87.2 cm³/mol. The van der Waals surface area contributed by atoms with Crippen molar-refractivity contribution in [2.75, 3.05) is 0 Å². The summed E-state index contributed by atoms with van der Waals surface area (Å²) in [6.45, 7) is 5.72. The van der Waals surface area contributed by atoms with Gasteiger partial charge in [-0.1, -0.05) is 32.9 Å². The van der Waals surface area contributed by atoms with Crippen molar-refractivity contribution in [1.29, 1.82) is 0 Å². The second kappa shape index (κ2) is 4.75. The Hall–Kier alpha value is -2.50. The summed E-state index contributed by atoms with van der Waals surface area (Å²) in [5.41, 5.74) is 0.262. The molecule has 2 aromatic heterocycles. The second-order valence-electron chi connectivity index (χ2n) is 7.43. The molecule has 0 radical (unpaired) electrons. The van der Waals surface area contributed by atoms with Crippen molar-refractivity contribution in [3.05, 3.63) is 36.4 Å². The maximum absolute atomic E-state index is 11.7. The van der Waals surface area contributed by atoms with E-state index < -0.39 is 16.8 Å². The number of fused-ring (bicyclic) bond motifs is 3. The number of carboxylic acid groups (broad SMARTS) is 1. The van der Waals surface area contributed by atoms with Gasteiger partial charge in [0, 0.05) is 22.7 Å². The summed E-state index contributed by atoms with van der Waals surface area (Å²) in [4.78, 5) is 20.8. The molecule has 0 spiro atoms. The lowest BCUT2D eigenvalue weighted by Crippen LogP contribution is -2.47. The lowest BCUT2D eigenvalue weighted by atomic mass is 9.65. The van der Waals surface area contributed by atoms with Crippen LogP contribution in [0.4, 0.5) is 0 Å². The van der Waals surface area contributed by atoms with E-state index >= 15 is 0 Å². The molecule has 1 aliphatic rings. The van der Waals surface area contributed by atoms with E-state index in [1.165, 1.54) is 0 Å². The van der Waals surface area contributed by atoms with Crippen LogP contribution in [0.2, 0.25) is 0 Å². The minimum Gasteiger partial charge on any atom is -0.550 e. The highest BCUT2D eigenvalue weighted by Gasteiger charge is 2.54. The first kappa shape index (κ1) is 15.1. The van der Waals surface area contributed by atoms with Gasteiger partial charge in [0.15, 0.2) is 11.5 Å². The molecule has 4 rings (SSSR count). The van der Waals surface area contributed by atoms with Crippen LogP contribution in [-0.4, -0.2) is 25.6 Å². The average Bonchev–Trinajstić information content (AvgIpc) is 3.07. The molecule has 0 saturated heterocycles. The van der Waals surface area contributed by atoms with Crippen molar-refractivity contribution in [2.24, 2.45) is 10.8 Å². The molecule has 0 unspecified atom stereocenters. The Bertz CT molecular complexity index is 962. The van der Waals surface area contributed by atoms with E-state index in [4.69, 9.17) is 4.98 Å². The van der Waals surface area contributed by atoms with Crippen LogP contribution in [0, 0.1) is 10.8 Å². The lowest BCUT2D eigenvalue weighted by molar-refractivity contribution is -0.322. The minimum absolute atomic E-state index is 0.0286. The van der Waals surface area contributed by atoms with Gasteiger partial charge in [0.2, 0.25) is 0 Å². The lowest BCUT2D eigenvalue weighted by Gasteiger charge is -2.41. The monoisotopic (exact) mass is 323 g/mol. The summed E-state index contributed by atoms with van der Waals surface area (Å²) >= 11 is 0. The maximum atomic E-state index is 11.7. The first-order valence-electron chi connectivity index (χ1n) is 8.16. The smallest absolute Gasteiger partial charge is 0.166 e. The Kier molecular flexibility index (Phi) is 2.98. The third-order valence-electron chi connectivity index (χ3n) is 6.09. The van der Waals surface area contributed by atoms with E-state index in [2.05, 4.69) is 10.1 Å². The molecule has 0 aliphatic heterocycles. The third-order valence-corrected chi connectivity index (χ3v) is 6.09. The topological polar surface area (TPSA) is 83.2 Å². The molecule has 2 heterocycles. The zero-order chi connectivity index (χ0) is 17.1. The summed E-state index contributed by atoms with van der Waals surface area (Å²) in [5, 5.41) is 17.2. The fraction of sp³-hybridized carbons (Fsp3) is 0.444. The quantitative estimate of drug-likeness (QED) is 0.719. The molecule has 0 bridgehead atoms. The average molecular weight is 323 g/mol. The number of carboxylic acids is 1. The Balaban J connectivity index is 1.86. The van der Waals surface area contributed by atoms with Crippen LogP contribution >= 0.6 is 0 Å². The van der Waals surface area contributed by atoms with Crippen LogP contribution in [-0.2, 0) is 4.79 Å². The van der Waals surface area contributed by atoms with Crippen molar-refractivity contribution in [2.45, 2.75) is 39.5 Å². The molecular weight excluding hydrogens is 304 g/mol. The molecule has 0 N–H and O–H groups in total. The fourth-order valence-corrected chi connectivity index (χ4v) is 3.96. The van der Waals surface area contributed by atoms with Gasteiger partial charge in [0.25, 0.3) is 0 Å². The number of rotatable bonds is 2. The van der Waals surface area contributed by atoms with E-state index in [0.29, 0.717) is 12.2 Å². The Morgan fingerprint density at radius 1 is 1.29 bits per heavy atom. The van der Waals surface area contributed by atoms with E-state index in [9.17, 15) is 9.90 Å². The number of hydrogen-bond donors (Lipinski definition) is 0. The van der Waals surface area contributed by atoms with Gasteiger partial charge in [-0.3, -0.25) is 0 Å². The van der Waals surface area contributed by atoms with Gasteiger partial charge >= 0.3 is 0 Å². The molecule has 124 valence electrons. The Morgan fingerprint density at radius 3 is 2.75 bits per heavy atom. The molecule has 1 fully saturated rings. The van der Waals surface area contributed by atoms with Crippen molar-refractivity contribution in [1.82, 2.24) is 19.6 Å². The number of nitrogens with zero attached hydrogens (tertiary/aromatic N) is 4. The molecule has 1 saturated carbocycles. The summed E-state index contributed by atoms with van der Waals surface area (Å²) in [6, 6.07) is 7.80. The second-order valence-corrected chi connectivity index (χ2v) is 7.43. The zero-order valence-electron chi connectivity index (χ0n) is 14.0. The van der Waals surface area contributed by atoms with Gasteiger partial charge in [-0.05, 0) is 30.4 Å². The van der Waals surface area contributed by atoms with Gasteiger partial charge in [-0.15, -0.1) is 5.10 Å². The molecule has 1 aliphatic carbocycles. The van der Waals surface area contributed by atoms with E-state index in [1.54, 1.807) is 17.8 Å². The van der Waals surface area contributed by atoms with Gasteiger partial charge in [-0.25, -0.2) is 14.5 Å². The van der Waals surface area contributed by atoms with Crippen molar-refractivity contribution in [3.63, 3.8) is 0 Å². The molecule has 24 heavy (non-hydrogen) atoms. The van der Waals surface area contributed by atoms with Crippen molar-refractivity contribution < 1.29 is 9.90 Å². The van der Waals surface area contributed by atoms with Crippen molar-refractivity contribution in [3.8, 4) is 0 Å². The van der Waals surface area contributed by atoms with Gasteiger partial charge < -0.3 is 9.90 Å². The summed E-state index contributed by atoms with van der Waals surface area (Å²) in [7, 11) is 0. The highest BCUT2D eigenvalue weighted by Crippen LogP contribution is 2.59. The summed E-state index contributed by atoms with van der Waals surface area (Å²) in [6.07, 6.45) is 2.97. The number of carbonyl (C=O) groups is 1. The molecule has 2 atom stereocenters. The molecule has 3 aromatic rings.